The molecule has 1 aromatic rings. The fourth-order valence-electron chi connectivity index (χ4n) is 2.69. The van der Waals surface area contributed by atoms with E-state index >= 15 is 0 Å². The zero-order chi connectivity index (χ0) is 15.2. The zero-order valence-corrected chi connectivity index (χ0v) is 13.6. The number of nitrogens with one attached hydrogen (secondary N) is 1. The Morgan fingerprint density at radius 1 is 1.36 bits per heavy atom. The summed E-state index contributed by atoms with van der Waals surface area (Å²) in [6, 6.07) is 9.06. The molecule has 1 aliphatic heterocycles. The first-order valence-electron chi connectivity index (χ1n) is 7.51. The number of likely N-dealkylation sites (tertiary alicyclic amines) is 1. The molecule has 1 saturated heterocycles. The molecule has 0 spiro atoms. The van der Waals surface area contributed by atoms with Gasteiger partial charge in [0.25, 0.3) is 0 Å². The largest absolute Gasteiger partial charge is 0.352 e. The first kappa shape index (κ1) is 18.5. The highest BCUT2D eigenvalue weighted by Crippen LogP contribution is 2.16. The lowest BCUT2D eigenvalue weighted by atomic mass is 10.1. The third kappa shape index (κ3) is 4.45. The van der Waals surface area contributed by atoms with Crippen molar-refractivity contribution >= 4 is 24.2 Å². The Bertz CT molecular complexity index is 495. The quantitative estimate of drug-likeness (QED) is 0.834. The molecule has 2 rings (SSSR count). The Labute approximate surface area is 137 Å². The van der Waals surface area contributed by atoms with E-state index in [1.165, 1.54) is 0 Å². The average Bonchev–Trinajstić information content (AvgIpc) is 2.92. The van der Waals surface area contributed by atoms with Crippen LogP contribution in [0.5, 0.6) is 0 Å². The van der Waals surface area contributed by atoms with Gasteiger partial charge in [-0.2, -0.15) is 0 Å². The van der Waals surface area contributed by atoms with Gasteiger partial charge in [-0.3, -0.25) is 9.59 Å². The highest BCUT2D eigenvalue weighted by molar-refractivity contribution is 5.88. The van der Waals surface area contributed by atoms with Gasteiger partial charge < -0.3 is 16.0 Å². The van der Waals surface area contributed by atoms with Gasteiger partial charge in [0.15, 0.2) is 0 Å². The van der Waals surface area contributed by atoms with E-state index in [-0.39, 0.29) is 36.3 Å². The van der Waals surface area contributed by atoms with Crippen molar-refractivity contribution in [2.75, 3.05) is 13.1 Å². The molecule has 1 heterocycles. The van der Waals surface area contributed by atoms with Crippen molar-refractivity contribution < 1.29 is 9.59 Å². The molecule has 0 bridgehead atoms. The fraction of sp³-hybridized carbons (Fsp3) is 0.500. The number of halogens is 1. The SMILES string of the molecule is CCC(C(=O)NCC(N)c1ccccc1)N1CCCC1=O.Cl. The Morgan fingerprint density at radius 2 is 2.05 bits per heavy atom. The van der Waals surface area contributed by atoms with Crippen LogP contribution in [0.1, 0.15) is 37.8 Å². The van der Waals surface area contributed by atoms with Crippen LogP contribution in [0.2, 0.25) is 0 Å². The first-order chi connectivity index (χ1) is 10.1. The number of amides is 2. The van der Waals surface area contributed by atoms with E-state index in [1.807, 2.05) is 37.3 Å². The van der Waals surface area contributed by atoms with Crippen LogP contribution < -0.4 is 11.1 Å². The molecule has 1 aromatic carbocycles. The molecule has 6 heteroatoms. The van der Waals surface area contributed by atoms with Crippen molar-refractivity contribution in [2.45, 2.75) is 38.3 Å². The Morgan fingerprint density at radius 3 is 2.59 bits per heavy atom. The summed E-state index contributed by atoms with van der Waals surface area (Å²) in [5.41, 5.74) is 7.06. The van der Waals surface area contributed by atoms with Crippen LogP contribution in [0.15, 0.2) is 30.3 Å². The van der Waals surface area contributed by atoms with Crippen molar-refractivity contribution in [1.82, 2.24) is 10.2 Å². The predicted octanol–water partition coefficient (Wildman–Crippen LogP) is 1.63. The maximum Gasteiger partial charge on any atom is 0.242 e. The molecule has 0 aliphatic carbocycles. The number of carbonyl (C=O) groups excluding carboxylic acids is 2. The lowest BCUT2D eigenvalue weighted by molar-refractivity contribution is -0.137. The van der Waals surface area contributed by atoms with Crippen molar-refractivity contribution in [2.24, 2.45) is 5.73 Å². The number of rotatable bonds is 6. The third-order valence-corrected chi connectivity index (χ3v) is 3.90. The van der Waals surface area contributed by atoms with Gasteiger partial charge >= 0.3 is 0 Å². The van der Waals surface area contributed by atoms with Crippen molar-refractivity contribution in [3.63, 3.8) is 0 Å². The molecule has 3 N–H and O–H groups in total. The highest BCUT2D eigenvalue weighted by atomic mass is 35.5. The Hall–Kier alpha value is -1.59. The maximum absolute atomic E-state index is 12.3. The molecule has 5 nitrogen and oxygen atoms in total. The topological polar surface area (TPSA) is 75.4 Å². The van der Waals surface area contributed by atoms with Crippen LogP contribution in [-0.2, 0) is 9.59 Å². The molecule has 122 valence electrons. The van der Waals surface area contributed by atoms with E-state index in [0.29, 0.717) is 25.9 Å². The average molecular weight is 326 g/mol. The van der Waals surface area contributed by atoms with Crippen LogP contribution in [0.3, 0.4) is 0 Å². The van der Waals surface area contributed by atoms with E-state index in [0.717, 1.165) is 12.0 Å². The molecule has 2 unspecified atom stereocenters. The minimum atomic E-state index is -0.372. The summed E-state index contributed by atoms with van der Waals surface area (Å²) in [6.45, 7) is 2.98. The van der Waals surface area contributed by atoms with Gasteiger partial charge in [-0.05, 0) is 18.4 Å². The third-order valence-electron chi connectivity index (χ3n) is 3.90. The van der Waals surface area contributed by atoms with Gasteiger partial charge in [0.2, 0.25) is 11.8 Å². The Balaban J connectivity index is 0.00000242. The fourth-order valence-corrected chi connectivity index (χ4v) is 2.69. The first-order valence-corrected chi connectivity index (χ1v) is 7.51. The van der Waals surface area contributed by atoms with E-state index < -0.39 is 0 Å². The van der Waals surface area contributed by atoms with Crippen LogP contribution >= 0.6 is 12.4 Å². The van der Waals surface area contributed by atoms with Crippen molar-refractivity contribution in [3.05, 3.63) is 35.9 Å². The van der Waals surface area contributed by atoms with Crippen LogP contribution in [-0.4, -0.2) is 35.8 Å². The minimum Gasteiger partial charge on any atom is -0.352 e. The molecular formula is C16H24ClN3O2. The van der Waals surface area contributed by atoms with Gasteiger partial charge in [0, 0.05) is 25.6 Å². The van der Waals surface area contributed by atoms with Gasteiger partial charge in [0.1, 0.15) is 6.04 Å². The summed E-state index contributed by atoms with van der Waals surface area (Å²) in [5, 5.41) is 2.87. The monoisotopic (exact) mass is 325 g/mol. The number of carbonyl (C=O) groups is 2. The zero-order valence-electron chi connectivity index (χ0n) is 12.8. The molecule has 2 atom stereocenters. The molecule has 1 fully saturated rings. The summed E-state index contributed by atoms with van der Waals surface area (Å²) in [5.74, 6) is -0.0384. The van der Waals surface area contributed by atoms with Gasteiger partial charge in [-0.1, -0.05) is 37.3 Å². The van der Waals surface area contributed by atoms with Crippen LogP contribution in [0, 0.1) is 0 Å². The summed E-state index contributed by atoms with van der Waals surface area (Å²) in [4.78, 5) is 25.7. The standard InChI is InChI=1S/C16H23N3O2.ClH/c1-2-14(19-10-6-9-15(19)20)16(21)18-11-13(17)12-7-4-3-5-8-12;/h3-5,7-8,13-14H,2,6,9-11,17H2,1H3,(H,18,21);1H. The number of benzene rings is 1. The van der Waals surface area contributed by atoms with Crippen molar-refractivity contribution in [1.29, 1.82) is 0 Å². The van der Waals surface area contributed by atoms with Gasteiger partial charge in [-0.25, -0.2) is 0 Å². The second kappa shape index (κ2) is 8.76. The molecule has 0 aromatic heterocycles. The summed E-state index contributed by atoms with van der Waals surface area (Å²) in [7, 11) is 0. The smallest absolute Gasteiger partial charge is 0.242 e. The molecule has 0 saturated carbocycles. The molecule has 1 aliphatic rings. The van der Waals surface area contributed by atoms with E-state index in [4.69, 9.17) is 5.73 Å². The number of nitrogens with zero attached hydrogens (tertiary/aromatic N) is 1. The van der Waals surface area contributed by atoms with E-state index in [9.17, 15) is 9.59 Å². The van der Waals surface area contributed by atoms with Crippen LogP contribution in [0.25, 0.3) is 0 Å². The maximum atomic E-state index is 12.3. The highest BCUT2D eigenvalue weighted by Gasteiger charge is 2.31. The number of nitrogens with two attached hydrogens (primary N) is 1. The molecule has 0 radical (unpaired) electrons. The van der Waals surface area contributed by atoms with E-state index in [1.54, 1.807) is 4.90 Å². The van der Waals surface area contributed by atoms with Gasteiger partial charge in [0.05, 0.1) is 0 Å². The lowest BCUT2D eigenvalue weighted by Crippen LogP contribution is -2.48. The van der Waals surface area contributed by atoms with E-state index in [2.05, 4.69) is 5.32 Å². The Kier molecular flexibility index (Phi) is 7.35. The number of hydrogen-bond acceptors (Lipinski definition) is 3. The minimum absolute atomic E-state index is 0. The summed E-state index contributed by atoms with van der Waals surface area (Å²) in [6.07, 6.45) is 2.01. The van der Waals surface area contributed by atoms with Crippen LogP contribution in [0.4, 0.5) is 0 Å². The second-order valence-corrected chi connectivity index (χ2v) is 5.38. The lowest BCUT2D eigenvalue weighted by Gasteiger charge is -2.26. The predicted molar refractivity (Wildman–Crippen MR) is 88.7 cm³/mol. The number of hydrogen-bond donors (Lipinski definition) is 2. The summed E-state index contributed by atoms with van der Waals surface area (Å²) < 4.78 is 0. The second-order valence-electron chi connectivity index (χ2n) is 5.38. The molecule has 2 amide bonds. The normalized spacial score (nSPS) is 16.8. The molecule has 22 heavy (non-hydrogen) atoms. The molecular weight excluding hydrogens is 302 g/mol. The summed E-state index contributed by atoms with van der Waals surface area (Å²) >= 11 is 0. The van der Waals surface area contributed by atoms with Crippen molar-refractivity contribution in [3.8, 4) is 0 Å². The van der Waals surface area contributed by atoms with Gasteiger partial charge in [-0.15, -0.1) is 12.4 Å².